The topological polar surface area (TPSA) is 105 Å². The normalized spacial score (nSPS) is 12.6. The van der Waals surface area contributed by atoms with Crippen LogP contribution in [0.15, 0.2) is 77.7 Å². The van der Waals surface area contributed by atoms with Gasteiger partial charge in [-0.2, -0.15) is 0 Å². The lowest BCUT2D eigenvalue weighted by molar-refractivity contribution is -0.139. The molecule has 3 aromatic carbocycles. The third-order valence-corrected chi connectivity index (χ3v) is 8.73. The molecule has 3 rings (SSSR count). The van der Waals surface area contributed by atoms with Crippen LogP contribution in [-0.2, 0) is 26.2 Å². The predicted molar refractivity (Wildman–Crippen MR) is 160 cm³/mol. The molecule has 0 radical (unpaired) electrons. The minimum atomic E-state index is -4.26. The Morgan fingerprint density at radius 1 is 0.951 bits per heavy atom. The van der Waals surface area contributed by atoms with Crippen LogP contribution in [0.5, 0.6) is 11.5 Å². The van der Waals surface area contributed by atoms with Crippen molar-refractivity contribution in [3.63, 3.8) is 0 Å². The van der Waals surface area contributed by atoms with Crippen molar-refractivity contribution < 1.29 is 27.5 Å². The van der Waals surface area contributed by atoms with Gasteiger partial charge >= 0.3 is 0 Å². The maximum atomic E-state index is 14.1. The zero-order chi connectivity index (χ0) is 30.2. The highest BCUT2D eigenvalue weighted by Crippen LogP contribution is 2.36. The Labute approximate surface area is 247 Å². The quantitative estimate of drug-likeness (QED) is 0.299. The van der Waals surface area contributed by atoms with Crippen LogP contribution in [0.1, 0.15) is 32.8 Å². The molecule has 1 N–H and O–H groups in total. The molecular weight excluding hydrogens is 566 g/mol. The standard InChI is InChI=1S/C30H36ClN3O6S/c1-6-21(2)32-30(36)22(3)33(19-23-12-14-24(31)15-13-23)29(35)20-34(41(37,38)26-10-8-7-9-11-26)27-18-25(39-4)16-17-28(27)40-5/h7-18,21-22H,6,19-20H2,1-5H3,(H,32,36)/t21-,22-/m1/s1. The van der Waals surface area contributed by atoms with Gasteiger partial charge in [-0.15, -0.1) is 0 Å². The Morgan fingerprint density at radius 2 is 1.61 bits per heavy atom. The Morgan fingerprint density at radius 3 is 2.20 bits per heavy atom. The predicted octanol–water partition coefficient (Wildman–Crippen LogP) is 4.88. The number of benzene rings is 3. The number of nitrogens with zero attached hydrogens (tertiary/aromatic N) is 2. The summed E-state index contributed by atoms with van der Waals surface area (Å²) in [6, 6.07) is 18.4. The zero-order valence-electron chi connectivity index (χ0n) is 23.8. The lowest BCUT2D eigenvalue weighted by atomic mass is 10.1. The van der Waals surface area contributed by atoms with E-state index in [1.807, 2.05) is 13.8 Å². The summed E-state index contributed by atoms with van der Waals surface area (Å²) in [6.07, 6.45) is 0.711. The summed E-state index contributed by atoms with van der Waals surface area (Å²) in [5, 5.41) is 3.44. The van der Waals surface area contributed by atoms with E-state index in [9.17, 15) is 18.0 Å². The number of methoxy groups -OCH3 is 2. The molecule has 41 heavy (non-hydrogen) atoms. The fourth-order valence-electron chi connectivity index (χ4n) is 4.06. The van der Waals surface area contributed by atoms with Crippen molar-refractivity contribution in [3.05, 3.63) is 83.4 Å². The summed E-state index contributed by atoms with van der Waals surface area (Å²) in [5.74, 6) is -0.333. The third kappa shape index (κ3) is 7.92. The SMILES string of the molecule is CC[C@@H](C)NC(=O)[C@@H](C)N(Cc1ccc(Cl)cc1)C(=O)CN(c1cc(OC)ccc1OC)S(=O)(=O)c1ccccc1. The van der Waals surface area contributed by atoms with Gasteiger partial charge in [0.25, 0.3) is 10.0 Å². The van der Waals surface area contributed by atoms with Gasteiger partial charge < -0.3 is 19.7 Å². The molecule has 0 aliphatic rings. The van der Waals surface area contributed by atoms with E-state index in [0.717, 1.165) is 9.87 Å². The number of carbonyl (C=O) groups is 2. The second-order valence-corrected chi connectivity index (χ2v) is 11.8. The zero-order valence-corrected chi connectivity index (χ0v) is 25.4. The van der Waals surface area contributed by atoms with Gasteiger partial charge in [0, 0.05) is 23.7 Å². The first-order chi connectivity index (χ1) is 19.5. The van der Waals surface area contributed by atoms with Crippen molar-refractivity contribution in [1.29, 1.82) is 0 Å². The molecule has 0 fully saturated rings. The van der Waals surface area contributed by atoms with Crippen molar-refractivity contribution >= 4 is 39.1 Å². The number of hydrogen-bond donors (Lipinski definition) is 1. The number of hydrogen-bond acceptors (Lipinski definition) is 6. The first-order valence-electron chi connectivity index (χ1n) is 13.2. The molecule has 0 aromatic heterocycles. The van der Waals surface area contributed by atoms with Crippen LogP contribution in [0.3, 0.4) is 0 Å². The third-order valence-electron chi connectivity index (χ3n) is 6.70. The number of rotatable bonds is 13. The van der Waals surface area contributed by atoms with Gasteiger partial charge in [-0.1, -0.05) is 48.9 Å². The Kier molecular flexibility index (Phi) is 11.0. The number of ether oxygens (including phenoxy) is 2. The van der Waals surface area contributed by atoms with Gasteiger partial charge in [0.2, 0.25) is 11.8 Å². The van der Waals surface area contributed by atoms with E-state index in [2.05, 4.69) is 5.32 Å². The van der Waals surface area contributed by atoms with E-state index in [1.54, 1.807) is 61.5 Å². The number of nitrogens with one attached hydrogen (secondary N) is 1. The minimum Gasteiger partial charge on any atom is -0.497 e. The molecule has 0 saturated heterocycles. The van der Waals surface area contributed by atoms with Crippen LogP contribution < -0.4 is 19.1 Å². The smallest absolute Gasteiger partial charge is 0.264 e. The first-order valence-corrected chi connectivity index (χ1v) is 15.0. The summed E-state index contributed by atoms with van der Waals surface area (Å²) in [7, 11) is -1.39. The molecule has 0 saturated carbocycles. The molecule has 0 heterocycles. The number of amides is 2. The molecule has 2 amide bonds. The van der Waals surface area contributed by atoms with Crippen LogP contribution in [0.25, 0.3) is 0 Å². The van der Waals surface area contributed by atoms with E-state index < -0.39 is 28.5 Å². The second-order valence-electron chi connectivity index (χ2n) is 9.50. The summed E-state index contributed by atoms with van der Waals surface area (Å²) < 4.78 is 39.8. The maximum Gasteiger partial charge on any atom is 0.264 e. The molecular formula is C30H36ClN3O6S. The van der Waals surface area contributed by atoms with Gasteiger partial charge in [-0.3, -0.25) is 13.9 Å². The molecule has 0 bridgehead atoms. The van der Waals surface area contributed by atoms with Crippen LogP contribution in [0.2, 0.25) is 5.02 Å². The van der Waals surface area contributed by atoms with Gasteiger partial charge in [0.05, 0.1) is 24.8 Å². The lowest BCUT2D eigenvalue weighted by Gasteiger charge is -2.33. The minimum absolute atomic E-state index is 0.00973. The largest absolute Gasteiger partial charge is 0.497 e. The molecule has 0 aliphatic carbocycles. The van der Waals surface area contributed by atoms with E-state index in [4.69, 9.17) is 21.1 Å². The van der Waals surface area contributed by atoms with E-state index in [0.29, 0.717) is 17.2 Å². The average molecular weight is 602 g/mol. The van der Waals surface area contributed by atoms with Crippen molar-refractivity contribution in [2.24, 2.45) is 0 Å². The molecule has 0 unspecified atom stereocenters. The molecule has 0 aliphatic heterocycles. The maximum absolute atomic E-state index is 14.1. The fourth-order valence-corrected chi connectivity index (χ4v) is 5.62. The molecule has 0 spiro atoms. The van der Waals surface area contributed by atoms with Gasteiger partial charge in [-0.25, -0.2) is 8.42 Å². The van der Waals surface area contributed by atoms with Gasteiger partial charge in [0.15, 0.2) is 0 Å². The second kappa shape index (κ2) is 14.2. The first kappa shape index (κ1) is 31.8. The van der Waals surface area contributed by atoms with Crippen LogP contribution in [0, 0.1) is 0 Å². The fraction of sp³-hybridized carbons (Fsp3) is 0.333. The molecule has 11 heteroatoms. The number of anilines is 1. The summed E-state index contributed by atoms with van der Waals surface area (Å²) in [4.78, 5) is 28.6. The number of sulfonamides is 1. The highest BCUT2D eigenvalue weighted by molar-refractivity contribution is 7.92. The van der Waals surface area contributed by atoms with E-state index in [1.165, 1.54) is 37.3 Å². The van der Waals surface area contributed by atoms with Crippen LogP contribution in [-0.4, -0.2) is 58.0 Å². The lowest BCUT2D eigenvalue weighted by Crippen LogP contribution is -2.52. The van der Waals surface area contributed by atoms with Gasteiger partial charge in [0.1, 0.15) is 24.1 Å². The summed E-state index contributed by atoms with van der Waals surface area (Å²) >= 11 is 6.06. The van der Waals surface area contributed by atoms with Crippen molar-refractivity contribution in [1.82, 2.24) is 10.2 Å². The molecule has 3 aromatic rings. The summed E-state index contributed by atoms with van der Waals surface area (Å²) in [5.41, 5.74) is 0.842. The monoisotopic (exact) mass is 601 g/mol. The van der Waals surface area contributed by atoms with Crippen molar-refractivity contribution in [3.8, 4) is 11.5 Å². The average Bonchev–Trinajstić information content (AvgIpc) is 2.98. The molecule has 2 atom stereocenters. The summed E-state index contributed by atoms with van der Waals surface area (Å²) in [6.45, 7) is 4.89. The van der Waals surface area contributed by atoms with Crippen LogP contribution >= 0.6 is 11.6 Å². The Balaban J connectivity index is 2.10. The van der Waals surface area contributed by atoms with Gasteiger partial charge in [-0.05, 0) is 62.2 Å². The highest BCUT2D eigenvalue weighted by Gasteiger charge is 2.34. The van der Waals surface area contributed by atoms with Crippen LogP contribution in [0.4, 0.5) is 5.69 Å². The van der Waals surface area contributed by atoms with Crippen molar-refractivity contribution in [2.45, 2.75) is 50.7 Å². The van der Waals surface area contributed by atoms with E-state index in [-0.39, 0.29) is 34.8 Å². The molecule has 9 nitrogen and oxygen atoms in total. The van der Waals surface area contributed by atoms with E-state index >= 15 is 0 Å². The highest BCUT2D eigenvalue weighted by atomic mass is 35.5. The number of halogens is 1. The molecule has 220 valence electrons. The number of carbonyl (C=O) groups excluding carboxylic acids is 2. The Hall–Kier alpha value is -3.76. The Bertz CT molecular complexity index is 1430. The van der Waals surface area contributed by atoms with Crippen molar-refractivity contribution in [2.75, 3.05) is 25.1 Å².